The number of hydrogen-bond acceptors (Lipinski definition) is 6. The van der Waals surface area contributed by atoms with Gasteiger partial charge < -0.3 is 20.9 Å². The molecule has 3 heterocycles. The minimum absolute atomic E-state index is 0.0723. The van der Waals surface area contributed by atoms with Crippen molar-refractivity contribution in [3.63, 3.8) is 0 Å². The summed E-state index contributed by atoms with van der Waals surface area (Å²) in [6.45, 7) is 2.65. The molecule has 2 aromatic carbocycles. The van der Waals surface area contributed by atoms with Crippen LogP contribution < -0.4 is 16.0 Å². The maximum Gasteiger partial charge on any atom is 0.319 e. The van der Waals surface area contributed by atoms with Crippen molar-refractivity contribution in [3.05, 3.63) is 59.9 Å². The first-order valence-electron chi connectivity index (χ1n) is 13.1. The normalized spacial score (nSPS) is 21.6. The fourth-order valence-corrected chi connectivity index (χ4v) is 5.46. The average molecular weight is 521 g/mol. The molecule has 3 N–H and O–H groups in total. The van der Waals surface area contributed by atoms with E-state index in [2.05, 4.69) is 31.5 Å². The van der Waals surface area contributed by atoms with Gasteiger partial charge in [-0.15, -0.1) is 5.10 Å². The van der Waals surface area contributed by atoms with Crippen LogP contribution in [0.4, 0.5) is 14.9 Å². The van der Waals surface area contributed by atoms with Gasteiger partial charge in [-0.05, 0) is 78.4 Å². The third-order valence-electron chi connectivity index (χ3n) is 7.38. The van der Waals surface area contributed by atoms with Crippen LogP contribution in [0.2, 0.25) is 0 Å². The Hall–Kier alpha value is -3.86. The standard InChI is InChI=1S/C27H33FN8O2/c1-35-25(32-33-34-35)20-5-2-6-22(15-20)30-27(38)31-24-11-12-29-16-23(24)26(37)36-13-3-4-19(17-36)14-18-7-9-21(28)10-8-18/h2,5-10,15,19,23-24,29H,3-4,11-14,16-17H2,1H3,(H2,30,31,38)/t19?,23-,24-/m1/s1. The zero-order chi connectivity index (χ0) is 26.5. The Kier molecular flexibility index (Phi) is 7.92. The molecular weight excluding hydrogens is 487 g/mol. The van der Waals surface area contributed by atoms with E-state index in [4.69, 9.17) is 0 Å². The van der Waals surface area contributed by atoms with Crippen LogP contribution in [0.3, 0.4) is 0 Å². The van der Waals surface area contributed by atoms with Crippen molar-refractivity contribution >= 4 is 17.6 Å². The topological polar surface area (TPSA) is 117 Å². The van der Waals surface area contributed by atoms with Crippen molar-refractivity contribution in [1.82, 2.24) is 35.7 Å². The molecule has 0 radical (unpaired) electrons. The van der Waals surface area contributed by atoms with Crippen molar-refractivity contribution in [2.45, 2.75) is 31.7 Å². The van der Waals surface area contributed by atoms with Crippen LogP contribution in [0.25, 0.3) is 11.4 Å². The van der Waals surface area contributed by atoms with E-state index in [1.54, 1.807) is 17.8 Å². The molecule has 0 saturated carbocycles. The van der Waals surface area contributed by atoms with Gasteiger partial charge in [0.05, 0.1) is 5.92 Å². The average Bonchev–Trinajstić information content (AvgIpc) is 3.36. The third kappa shape index (κ3) is 6.16. The molecule has 2 aliphatic rings. The number of urea groups is 1. The first kappa shape index (κ1) is 25.8. The summed E-state index contributed by atoms with van der Waals surface area (Å²) in [7, 11) is 1.75. The Labute approximate surface area is 221 Å². The molecule has 10 nitrogen and oxygen atoms in total. The molecule has 11 heteroatoms. The van der Waals surface area contributed by atoms with Crippen LogP contribution in [0.1, 0.15) is 24.8 Å². The highest BCUT2D eigenvalue weighted by molar-refractivity contribution is 5.91. The number of piperidine rings is 2. The number of aromatic nitrogens is 4. The number of hydrogen-bond donors (Lipinski definition) is 3. The number of anilines is 1. The number of benzene rings is 2. The highest BCUT2D eigenvalue weighted by atomic mass is 19.1. The van der Waals surface area contributed by atoms with Gasteiger partial charge in [0.25, 0.3) is 0 Å². The van der Waals surface area contributed by atoms with Gasteiger partial charge in [0, 0.05) is 44.0 Å². The van der Waals surface area contributed by atoms with E-state index in [0.29, 0.717) is 36.9 Å². The van der Waals surface area contributed by atoms with Gasteiger partial charge in [-0.1, -0.05) is 24.3 Å². The molecule has 0 aliphatic carbocycles. The Morgan fingerprint density at radius 1 is 1.16 bits per heavy atom. The second-order valence-electron chi connectivity index (χ2n) is 10.1. The lowest BCUT2D eigenvalue weighted by molar-refractivity contribution is -0.138. The highest BCUT2D eigenvalue weighted by Gasteiger charge is 2.36. The van der Waals surface area contributed by atoms with Crippen LogP contribution in [-0.4, -0.2) is 69.3 Å². The zero-order valence-corrected chi connectivity index (χ0v) is 21.4. The second-order valence-corrected chi connectivity index (χ2v) is 10.1. The molecule has 38 heavy (non-hydrogen) atoms. The maximum absolute atomic E-state index is 13.6. The van der Waals surface area contributed by atoms with Crippen LogP contribution in [-0.2, 0) is 18.3 Å². The minimum Gasteiger partial charge on any atom is -0.342 e. The molecule has 0 bridgehead atoms. The van der Waals surface area contributed by atoms with Crippen molar-refractivity contribution in [3.8, 4) is 11.4 Å². The predicted molar refractivity (Wildman–Crippen MR) is 141 cm³/mol. The van der Waals surface area contributed by atoms with Crippen LogP contribution in [0, 0.1) is 17.7 Å². The number of amides is 3. The van der Waals surface area contributed by atoms with Gasteiger partial charge in [-0.2, -0.15) is 0 Å². The first-order chi connectivity index (χ1) is 18.5. The molecule has 200 valence electrons. The summed E-state index contributed by atoms with van der Waals surface area (Å²) in [5.41, 5.74) is 2.48. The number of aryl methyl sites for hydroxylation is 1. The van der Waals surface area contributed by atoms with Crippen molar-refractivity contribution < 1.29 is 14.0 Å². The molecule has 5 rings (SSSR count). The van der Waals surface area contributed by atoms with Crippen LogP contribution in [0.15, 0.2) is 48.5 Å². The van der Waals surface area contributed by atoms with E-state index in [1.807, 2.05) is 35.2 Å². The number of carbonyl (C=O) groups is 2. The second kappa shape index (κ2) is 11.7. The largest absolute Gasteiger partial charge is 0.342 e. The molecule has 1 unspecified atom stereocenters. The number of halogens is 1. The summed E-state index contributed by atoms with van der Waals surface area (Å²) in [5, 5.41) is 20.8. The number of likely N-dealkylation sites (tertiary alicyclic amines) is 1. The van der Waals surface area contributed by atoms with Crippen molar-refractivity contribution in [2.75, 3.05) is 31.5 Å². The summed E-state index contributed by atoms with van der Waals surface area (Å²) >= 11 is 0. The summed E-state index contributed by atoms with van der Waals surface area (Å²) in [4.78, 5) is 28.5. The monoisotopic (exact) mass is 520 g/mol. The lowest BCUT2D eigenvalue weighted by Gasteiger charge is -2.39. The number of nitrogens with zero attached hydrogens (tertiary/aromatic N) is 5. The molecular formula is C27H33FN8O2. The van der Waals surface area contributed by atoms with Crippen molar-refractivity contribution in [1.29, 1.82) is 0 Å². The smallest absolute Gasteiger partial charge is 0.319 e. The van der Waals surface area contributed by atoms with E-state index in [1.165, 1.54) is 12.1 Å². The minimum atomic E-state index is -0.351. The van der Waals surface area contributed by atoms with Gasteiger partial charge >= 0.3 is 6.03 Å². The quantitative estimate of drug-likeness (QED) is 0.460. The fraction of sp³-hybridized carbons (Fsp3) is 0.444. The maximum atomic E-state index is 13.6. The summed E-state index contributed by atoms with van der Waals surface area (Å²) in [6, 6.07) is 13.3. The number of carbonyl (C=O) groups excluding carboxylic acids is 2. The number of rotatable bonds is 6. The first-order valence-corrected chi connectivity index (χ1v) is 13.1. The van der Waals surface area contributed by atoms with E-state index in [9.17, 15) is 14.0 Å². The molecule has 2 fully saturated rings. The summed E-state index contributed by atoms with van der Waals surface area (Å²) < 4.78 is 14.8. The van der Waals surface area contributed by atoms with Crippen LogP contribution >= 0.6 is 0 Å². The lowest BCUT2D eigenvalue weighted by Crippen LogP contribution is -2.57. The Bertz CT molecular complexity index is 1260. The Balaban J connectivity index is 1.19. The number of tetrazole rings is 1. The SMILES string of the molecule is Cn1nnnc1-c1cccc(NC(=O)N[C@@H]2CCNC[C@H]2C(=O)N2CCCC(Cc3ccc(F)cc3)C2)c1. The Morgan fingerprint density at radius 3 is 2.79 bits per heavy atom. The van der Waals surface area contributed by atoms with Gasteiger partial charge in [-0.25, -0.2) is 13.9 Å². The van der Waals surface area contributed by atoms with E-state index < -0.39 is 0 Å². The summed E-state index contributed by atoms with van der Waals surface area (Å²) in [5.74, 6) is 0.424. The Morgan fingerprint density at radius 2 is 2.00 bits per heavy atom. The molecule has 3 aromatic rings. The summed E-state index contributed by atoms with van der Waals surface area (Å²) in [6.07, 6.45) is 3.47. The number of nitrogens with one attached hydrogen (secondary N) is 3. The van der Waals surface area contributed by atoms with E-state index in [0.717, 1.165) is 43.5 Å². The van der Waals surface area contributed by atoms with E-state index >= 15 is 0 Å². The predicted octanol–water partition coefficient (Wildman–Crippen LogP) is 2.60. The highest BCUT2D eigenvalue weighted by Crippen LogP contribution is 2.25. The molecule has 2 saturated heterocycles. The van der Waals surface area contributed by atoms with Gasteiger partial charge in [0.15, 0.2) is 5.82 Å². The van der Waals surface area contributed by atoms with Crippen molar-refractivity contribution in [2.24, 2.45) is 18.9 Å². The molecule has 3 amide bonds. The third-order valence-corrected chi connectivity index (χ3v) is 7.38. The molecule has 1 aromatic heterocycles. The molecule has 0 spiro atoms. The molecule has 2 aliphatic heterocycles. The molecule has 3 atom stereocenters. The zero-order valence-electron chi connectivity index (χ0n) is 21.4. The lowest BCUT2D eigenvalue weighted by atomic mass is 9.88. The fourth-order valence-electron chi connectivity index (χ4n) is 5.46. The van der Waals surface area contributed by atoms with Gasteiger partial charge in [0.1, 0.15) is 5.82 Å². The van der Waals surface area contributed by atoms with Crippen LogP contribution in [0.5, 0.6) is 0 Å². The van der Waals surface area contributed by atoms with Gasteiger partial charge in [0.2, 0.25) is 5.91 Å². The van der Waals surface area contributed by atoms with E-state index in [-0.39, 0.29) is 29.7 Å². The van der Waals surface area contributed by atoms with Gasteiger partial charge in [-0.3, -0.25) is 4.79 Å².